The van der Waals surface area contributed by atoms with Gasteiger partial charge in [0.05, 0.1) is 13.0 Å². The van der Waals surface area contributed by atoms with Gasteiger partial charge in [0.1, 0.15) is 5.75 Å². The van der Waals surface area contributed by atoms with Crippen LogP contribution < -0.4 is 10.1 Å². The molecule has 2 aliphatic rings. The molecule has 1 aromatic rings. The summed E-state index contributed by atoms with van der Waals surface area (Å²) in [5.41, 5.74) is 0. The lowest BCUT2D eigenvalue weighted by molar-refractivity contribution is -0.131. The van der Waals surface area contributed by atoms with E-state index in [4.69, 9.17) is 4.74 Å². The van der Waals surface area contributed by atoms with E-state index in [0.29, 0.717) is 45.2 Å². The van der Waals surface area contributed by atoms with E-state index >= 15 is 0 Å². The van der Waals surface area contributed by atoms with E-state index in [1.165, 1.54) is 12.8 Å². The number of benzene rings is 1. The molecule has 1 aromatic carbocycles. The summed E-state index contributed by atoms with van der Waals surface area (Å²) in [7, 11) is 0. The van der Waals surface area contributed by atoms with Gasteiger partial charge < -0.3 is 19.9 Å². The van der Waals surface area contributed by atoms with Crippen molar-refractivity contribution in [1.82, 2.24) is 15.1 Å². The van der Waals surface area contributed by atoms with Crippen molar-refractivity contribution in [1.29, 1.82) is 0 Å². The number of rotatable bonds is 5. The fourth-order valence-corrected chi connectivity index (χ4v) is 3.64. The second-order valence-electron chi connectivity index (χ2n) is 7.06. The number of carbonyl (C=O) groups is 2. The number of para-hydroxylation sites is 1. The molecule has 1 N–H and O–H groups in total. The summed E-state index contributed by atoms with van der Waals surface area (Å²) in [6.07, 6.45) is 5.78. The third-order valence-corrected chi connectivity index (χ3v) is 5.15. The smallest absolute Gasteiger partial charge is 0.317 e. The lowest BCUT2D eigenvalue weighted by Crippen LogP contribution is -2.45. The van der Waals surface area contributed by atoms with Crippen LogP contribution in [0.5, 0.6) is 5.75 Å². The van der Waals surface area contributed by atoms with Gasteiger partial charge in [-0.1, -0.05) is 31.0 Å². The molecule has 0 bridgehead atoms. The Morgan fingerprint density at radius 1 is 0.962 bits per heavy atom. The Morgan fingerprint density at radius 3 is 2.42 bits per heavy atom. The fraction of sp³-hybridized carbons (Fsp3) is 0.600. The highest BCUT2D eigenvalue weighted by molar-refractivity contribution is 5.77. The van der Waals surface area contributed by atoms with E-state index in [1.54, 1.807) is 0 Å². The summed E-state index contributed by atoms with van der Waals surface area (Å²) in [6, 6.07) is 9.89. The molecular formula is C20H29N3O3. The molecule has 26 heavy (non-hydrogen) atoms. The van der Waals surface area contributed by atoms with E-state index < -0.39 is 0 Å². The van der Waals surface area contributed by atoms with Gasteiger partial charge in [-0.05, 0) is 31.4 Å². The summed E-state index contributed by atoms with van der Waals surface area (Å²) in [5.74, 6) is 0.880. The highest BCUT2D eigenvalue weighted by Gasteiger charge is 2.24. The normalized spacial score (nSPS) is 18.5. The summed E-state index contributed by atoms with van der Waals surface area (Å²) < 4.78 is 5.61. The highest BCUT2D eigenvalue weighted by Crippen LogP contribution is 2.18. The van der Waals surface area contributed by atoms with Crippen molar-refractivity contribution in [3.05, 3.63) is 30.3 Å². The molecule has 1 aliphatic heterocycles. The van der Waals surface area contributed by atoms with Crippen LogP contribution in [0.25, 0.3) is 0 Å². The first-order valence-corrected chi connectivity index (χ1v) is 9.73. The Morgan fingerprint density at radius 2 is 1.65 bits per heavy atom. The first-order chi connectivity index (χ1) is 12.7. The molecule has 1 aliphatic carbocycles. The van der Waals surface area contributed by atoms with Crippen molar-refractivity contribution in [2.75, 3.05) is 32.8 Å². The number of nitrogens with zero attached hydrogens (tertiary/aromatic N) is 2. The molecule has 6 nitrogen and oxygen atoms in total. The molecule has 6 heteroatoms. The summed E-state index contributed by atoms with van der Waals surface area (Å²) >= 11 is 0. The number of urea groups is 1. The van der Waals surface area contributed by atoms with Gasteiger partial charge in [-0.3, -0.25) is 4.79 Å². The van der Waals surface area contributed by atoms with E-state index in [0.717, 1.165) is 25.0 Å². The molecule has 0 atom stereocenters. The van der Waals surface area contributed by atoms with Gasteiger partial charge in [-0.15, -0.1) is 0 Å². The number of hydrogen-bond donors (Lipinski definition) is 1. The molecule has 1 saturated carbocycles. The summed E-state index contributed by atoms with van der Waals surface area (Å²) in [6.45, 7) is 3.00. The summed E-state index contributed by atoms with van der Waals surface area (Å²) in [4.78, 5) is 28.5. The average Bonchev–Trinajstić information content (AvgIpc) is 3.03. The predicted molar refractivity (Wildman–Crippen MR) is 100 cm³/mol. The van der Waals surface area contributed by atoms with Crippen molar-refractivity contribution >= 4 is 11.9 Å². The number of carbonyl (C=O) groups excluding carboxylic acids is 2. The summed E-state index contributed by atoms with van der Waals surface area (Å²) in [5, 5.41) is 3.14. The van der Waals surface area contributed by atoms with Crippen LogP contribution in [-0.4, -0.2) is 60.6 Å². The van der Waals surface area contributed by atoms with E-state index in [-0.39, 0.29) is 11.9 Å². The quantitative estimate of drug-likeness (QED) is 0.879. The molecule has 1 heterocycles. The average molecular weight is 359 g/mol. The minimum absolute atomic E-state index is 0.0265. The maximum Gasteiger partial charge on any atom is 0.317 e. The van der Waals surface area contributed by atoms with Gasteiger partial charge >= 0.3 is 6.03 Å². The zero-order chi connectivity index (χ0) is 18.2. The lowest BCUT2D eigenvalue weighted by atomic mass is 10.2. The largest absolute Gasteiger partial charge is 0.493 e. The Balaban J connectivity index is 1.39. The molecular weight excluding hydrogens is 330 g/mol. The molecule has 2 fully saturated rings. The van der Waals surface area contributed by atoms with Crippen molar-refractivity contribution < 1.29 is 14.3 Å². The predicted octanol–water partition coefficient (Wildman–Crippen LogP) is 2.64. The van der Waals surface area contributed by atoms with E-state index in [1.807, 2.05) is 40.1 Å². The van der Waals surface area contributed by atoms with Crippen LogP contribution in [0.2, 0.25) is 0 Å². The fourth-order valence-electron chi connectivity index (χ4n) is 3.64. The maximum absolute atomic E-state index is 12.4. The van der Waals surface area contributed by atoms with Crippen LogP contribution in [0.3, 0.4) is 0 Å². The topological polar surface area (TPSA) is 61.9 Å². The maximum atomic E-state index is 12.4. The van der Waals surface area contributed by atoms with Gasteiger partial charge in [-0.25, -0.2) is 4.79 Å². The number of ether oxygens (including phenoxy) is 1. The Labute approximate surface area is 155 Å². The molecule has 3 amide bonds. The first-order valence-electron chi connectivity index (χ1n) is 9.73. The van der Waals surface area contributed by atoms with Gasteiger partial charge in [0.2, 0.25) is 5.91 Å². The van der Waals surface area contributed by atoms with E-state index in [9.17, 15) is 9.59 Å². The van der Waals surface area contributed by atoms with Crippen molar-refractivity contribution in [2.45, 2.75) is 44.6 Å². The molecule has 3 rings (SSSR count). The van der Waals surface area contributed by atoms with Crippen LogP contribution in [0, 0.1) is 0 Å². The van der Waals surface area contributed by atoms with Crippen molar-refractivity contribution in [3.8, 4) is 5.75 Å². The third kappa shape index (κ3) is 5.38. The van der Waals surface area contributed by atoms with Crippen LogP contribution in [-0.2, 0) is 4.79 Å². The molecule has 0 radical (unpaired) electrons. The van der Waals surface area contributed by atoms with Crippen LogP contribution in [0.4, 0.5) is 4.79 Å². The van der Waals surface area contributed by atoms with Crippen LogP contribution in [0.15, 0.2) is 30.3 Å². The van der Waals surface area contributed by atoms with Gasteiger partial charge in [0, 0.05) is 32.2 Å². The highest BCUT2D eigenvalue weighted by atomic mass is 16.5. The molecule has 0 aromatic heterocycles. The second-order valence-corrected chi connectivity index (χ2v) is 7.06. The standard InChI is InChI=1S/C20H29N3O3/c24-19(11-16-26-18-9-2-1-3-10-18)22-12-6-13-23(15-14-22)20(25)21-17-7-4-5-8-17/h1-3,9-10,17H,4-8,11-16H2,(H,21,25). The molecule has 142 valence electrons. The second kappa shape index (κ2) is 9.46. The Hall–Kier alpha value is -2.24. The number of hydrogen-bond acceptors (Lipinski definition) is 3. The van der Waals surface area contributed by atoms with Crippen molar-refractivity contribution in [2.24, 2.45) is 0 Å². The van der Waals surface area contributed by atoms with Gasteiger partial charge in [-0.2, -0.15) is 0 Å². The zero-order valence-corrected chi connectivity index (χ0v) is 15.4. The molecule has 1 saturated heterocycles. The third-order valence-electron chi connectivity index (χ3n) is 5.15. The van der Waals surface area contributed by atoms with Gasteiger partial charge in [0.25, 0.3) is 0 Å². The first kappa shape index (κ1) is 18.5. The molecule has 0 unspecified atom stereocenters. The lowest BCUT2D eigenvalue weighted by Gasteiger charge is -2.24. The Bertz CT molecular complexity index is 587. The molecule has 0 spiro atoms. The SMILES string of the molecule is O=C(CCOc1ccccc1)N1CCCN(C(=O)NC2CCCC2)CC1. The number of amides is 3. The Kier molecular flexibility index (Phi) is 6.75. The van der Waals surface area contributed by atoms with Crippen molar-refractivity contribution in [3.63, 3.8) is 0 Å². The number of nitrogens with one attached hydrogen (secondary N) is 1. The minimum atomic E-state index is 0.0265. The van der Waals surface area contributed by atoms with E-state index in [2.05, 4.69) is 5.32 Å². The minimum Gasteiger partial charge on any atom is -0.493 e. The van der Waals surface area contributed by atoms with Crippen LogP contribution >= 0.6 is 0 Å². The van der Waals surface area contributed by atoms with Crippen LogP contribution in [0.1, 0.15) is 38.5 Å². The monoisotopic (exact) mass is 359 g/mol. The van der Waals surface area contributed by atoms with Gasteiger partial charge in [0.15, 0.2) is 0 Å². The zero-order valence-electron chi connectivity index (χ0n) is 15.4.